The first-order valence-corrected chi connectivity index (χ1v) is 5.87. The van der Waals surface area contributed by atoms with Crippen molar-refractivity contribution < 1.29 is 14.7 Å². The lowest BCUT2D eigenvalue weighted by Crippen LogP contribution is -2.32. The van der Waals surface area contributed by atoms with Crippen molar-refractivity contribution in [3.05, 3.63) is 11.9 Å². The first kappa shape index (κ1) is 14.1. The third-order valence-corrected chi connectivity index (χ3v) is 2.59. The molecule has 0 radical (unpaired) electrons. The standard InChI is InChI=1S/C11H18N4O3/c1-3-4-5-14(2)10(16)8-15-9(6-11(17)18)7-12-13-15/h7H,3-6,8H2,1-2H3,(H,17,18). The topological polar surface area (TPSA) is 88.3 Å². The van der Waals surface area contributed by atoms with Gasteiger partial charge in [0.2, 0.25) is 5.91 Å². The minimum atomic E-state index is -0.967. The summed E-state index contributed by atoms with van der Waals surface area (Å²) in [7, 11) is 1.73. The monoisotopic (exact) mass is 254 g/mol. The Balaban J connectivity index is 2.58. The van der Waals surface area contributed by atoms with Crippen molar-refractivity contribution in [2.24, 2.45) is 0 Å². The third kappa shape index (κ3) is 4.15. The fourth-order valence-corrected chi connectivity index (χ4v) is 1.47. The zero-order valence-electron chi connectivity index (χ0n) is 10.7. The smallest absolute Gasteiger partial charge is 0.309 e. The van der Waals surface area contributed by atoms with Gasteiger partial charge in [-0.25, -0.2) is 4.68 Å². The normalized spacial score (nSPS) is 10.3. The molecule has 0 spiro atoms. The van der Waals surface area contributed by atoms with Crippen molar-refractivity contribution in [3.8, 4) is 0 Å². The molecule has 1 rings (SSSR count). The second-order valence-corrected chi connectivity index (χ2v) is 4.12. The number of carboxylic acid groups (broad SMARTS) is 1. The molecule has 0 aromatic carbocycles. The molecule has 0 aliphatic rings. The number of carbonyl (C=O) groups is 2. The van der Waals surface area contributed by atoms with Crippen molar-refractivity contribution in [2.45, 2.75) is 32.7 Å². The number of likely N-dealkylation sites (N-methyl/N-ethyl adjacent to an activating group) is 1. The summed E-state index contributed by atoms with van der Waals surface area (Å²) in [5.41, 5.74) is 0.430. The highest BCUT2D eigenvalue weighted by Crippen LogP contribution is 2.00. The quantitative estimate of drug-likeness (QED) is 0.749. The first-order valence-electron chi connectivity index (χ1n) is 5.87. The van der Waals surface area contributed by atoms with Gasteiger partial charge in [0.15, 0.2) is 0 Å². The molecule has 0 saturated carbocycles. The molecule has 100 valence electrons. The Hall–Kier alpha value is -1.92. The van der Waals surface area contributed by atoms with E-state index < -0.39 is 5.97 Å². The summed E-state index contributed by atoms with van der Waals surface area (Å²) in [4.78, 5) is 24.1. The van der Waals surface area contributed by atoms with Crippen LogP contribution in [0.25, 0.3) is 0 Å². The minimum absolute atomic E-state index is 0.0306. The molecule has 0 unspecified atom stereocenters. The highest BCUT2D eigenvalue weighted by Gasteiger charge is 2.14. The molecule has 1 heterocycles. The Morgan fingerprint density at radius 2 is 2.22 bits per heavy atom. The number of nitrogens with zero attached hydrogens (tertiary/aromatic N) is 4. The van der Waals surface area contributed by atoms with Crippen molar-refractivity contribution >= 4 is 11.9 Å². The first-order chi connectivity index (χ1) is 8.54. The largest absolute Gasteiger partial charge is 0.481 e. The minimum Gasteiger partial charge on any atom is -0.481 e. The van der Waals surface area contributed by atoms with Gasteiger partial charge in [0.05, 0.1) is 18.3 Å². The van der Waals surface area contributed by atoms with Crippen molar-refractivity contribution in [1.29, 1.82) is 0 Å². The van der Waals surface area contributed by atoms with Crippen molar-refractivity contribution in [2.75, 3.05) is 13.6 Å². The predicted octanol–water partition coefficient (Wildman–Crippen LogP) is 0.164. The molecular formula is C11H18N4O3. The molecule has 0 aliphatic heterocycles. The molecule has 0 aliphatic carbocycles. The zero-order chi connectivity index (χ0) is 13.5. The number of hydrogen-bond donors (Lipinski definition) is 1. The summed E-state index contributed by atoms with van der Waals surface area (Å²) in [6.07, 6.45) is 3.15. The molecule has 1 amide bonds. The maximum absolute atomic E-state index is 11.8. The van der Waals surface area contributed by atoms with E-state index >= 15 is 0 Å². The van der Waals surface area contributed by atoms with Gasteiger partial charge in [-0.2, -0.15) is 0 Å². The molecule has 1 aromatic heterocycles. The maximum Gasteiger partial charge on any atom is 0.309 e. The van der Waals surface area contributed by atoms with Gasteiger partial charge in [-0.15, -0.1) is 5.10 Å². The molecule has 7 nitrogen and oxygen atoms in total. The second-order valence-electron chi connectivity index (χ2n) is 4.12. The van der Waals surface area contributed by atoms with Gasteiger partial charge in [-0.05, 0) is 6.42 Å². The van der Waals surface area contributed by atoms with Crippen LogP contribution < -0.4 is 0 Å². The van der Waals surface area contributed by atoms with E-state index in [2.05, 4.69) is 17.2 Å². The second kappa shape index (κ2) is 6.73. The zero-order valence-corrected chi connectivity index (χ0v) is 10.7. The molecular weight excluding hydrogens is 236 g/mol. The van der Waals surface area contributed by atoms with E-state index in [1.165, 1.54) is 10.9 Å². The van der Waals surface area contributed by atoms with Crippen LogP contribution in [0, 0.1) is 0 Å². The third-order valence-electron chi connectivity index (χ3n) is 2.59. The molecule has 18 heavy (non-hydrogen) atoms. The number of amides is 1. The van der Waals surface area contributed by atoms with E-state index in [9.17, 15) is 9.59 Å². The van der Waals surface area contributed by atoms with Gasteiger partial charge >= 0.3 is 5.97 Å². The number of carbonyl (C=O) groups excluding carboxylic acids is 1. The number of unbranched alkanes of at least 4 members (excludes halogenated alkanes) is 1. The number of aromatic nitrogens is 3. The van der Waals surface area contributed by atoms with Crippen LogP contribution in [0.2, 0.25) is 0 Å². The van der Waals surface area contributed by atoms with Crippen molar-refractivity contribution in [1.82, 2.24) is 19.9 Å². The van der Waals surface area contributed by atoms with Crippen LogP contribution in [0.3, 0.4) is 0 Å². The summed E-state index contributed by atoms with van der Waals surface area (Å²) >= 11 is 0. The Morgan fingerprint density at radius 3 is 2.83 bits per heavy atom. The molecule has 0 bridgehead atoms. The van der Waals surface area contributed by atoms with Crippen LogP contribution in [-0.4, -0.2) is 50.5 Å². The van der Waals surface area contributed by atoms with E-state index in [0.717, 1.165) is 12.8 Å². The molecule has 0 saturated heterocycles. The van der Waals surface area contributed by atoms with Crippen LogP contribution in [0.15, 0.2) is 6.20 Å². The molecule has 0 fully saturated rings. The number of carboxylic acids is 1. The van der Waals surface area contributed by atoms with Gasteiger partial charge in [0, 0.05) is 13.6 Å². The maximum atomic E-state index is 11.8. The number of rotatable bonds is 7. The Morgan fingerprint density at radius 1 is 1.50 bits per heavy atom. The summed E-state index contributed by atoms with van der Waals surface area (Å²) < 4.78 is 1.33. The SMILES string of the molecule is CCCCN(C)C(=O)Cn1nncc1CC(=O)O. The molecule has 0 atom stereocenters. The van der Waals surface area contributed by atoms with Crippen LogP contribution in [0.1, 0.15) is 25.5 Å². The summed E-state index contributed by atoms with van der Waals surface area (Å²) in [5, 5.41) is 16.1. The lowest BCUT2D eigenvalue weighted by Gasteiger charge is -2.16. The summed E-state index contributed by atoms with van der Waals surface area (Å²) in [5.74, 6) is -1.06. The van der Waals surface area contributed by atoms with E-state index in [4.69, 9.17) is 5.11 Å². The van der Waals surface area contributed by atoms with Crippen LogP contribution in [0.4, 0.5) is 0 Å². The van der Waals surface area contributed by atoms with E-state index in [-0.39, 0.29) is 18.9 Å². The average Bonchev–Trinajstić information content (AvgIpc) is 2.72. The van der Waals surface area contributed by atoms with Gasteiger partial charge in [0.25, 0.3) is 0 Å². The number of aliphatic carboxylic acids is 1. The highest BCUT2D eigenvalue weighted by molar-refractivity contribution is 5.76. The van der Waals surface area contributed by atoms with Gasteiger partial charge in [-0.3, -0.25) is 9.59 Å². The Labute approximate surface area is 105 Å². The van der Waals surface area contributed by atoms with E-state index in [0.29, 0.717) is 12.2 Å². The lowest BCUT2D eigenvalue weighted by molar-refractivity contribution is -0.136. The van der Waals surface area contributed by atoms with Gasteiger partial charge in [-0.1, -0.05) is 18.6 Å². The van der Waals surface area contributed by atoms with Crippen LogP contribution >= 0.6 is 0 Å². The lowest BCUT2D eigenvalue weighted by atomic mass is 10.3. The fourth-order valence-electron chi connectivity index (χ4n) is 1.47. The number of hydrogen-bond acceptors (Lipinski definition) is 4. The van der Waals surface area contributed by atoms with Crippen LogP contribution in [0.5, 0.6) is 0 Å². The molecule has 1 N–H and O–H groups in total. The van der Waals surface area contributed by atoms with E-state index in [1.54, 1.807) is 11.9 Å². The Kier molecular flexibility index (Phi) is 5.29. The predicted molar refractivity (Wildman–Crippen MR) is 63.9 cm³/mol. The fraction of sp³-hybridized carbons (Fsp3) is 0.636. The Bertz CT molecular complexity index is 416. The summed E-state index contributed by atoms with van der Waals surface area (Å²) in [6, 6.07) is 0. The van der Waals surface area contributed by atoms with Crippen LogP contribution in [-0.2, 0) is 22.6 Å². The van der Waals surface area contributed by atoms with E-state index in [1.807, 2.05) is 0 Å². The van der Waals surface area contributed by atoms with Gasteiger partial charge in [0.1, 0.15) is 6.54 Å². The molecule has 7 heteroatoms. The molecule has 1 aromatic rings. The van der Waals surface area contributed by atoms with Gasteiger partial charge < -0.3 is 10.0 Å². The van der Waals surface area contributed by atoms with Crippen molar-refractivity contribution in [3.63, 3.8) is 0 Å². The highest BCUT2D eigenvalue weighted by atomic mass is 16.4. The average molecular weight is 254 g/mol. The summed E-state index contributed by atoms with van der Waals surface area (Å²) in [6.45, 7) is 2.78.